The molecule has 0 amide bonds. The third-order valence-electron chi connectivity index (χ3n) is 2.32. The van der Waals surface area contributed by atoms with E-state index in [0.717, 1.165) is 18.0 Å². The van der Waals surface area contributed by atoms with Crippen molar-refractivity contribution >= 4 is 6.08 Å². The summed E-state index contributed by atoms with van der Waals surface area (Å²) < 4.78 is 10.4. The van der Waals surface area contributed by atoms with Gasteiger partial charge in [0.25, 0.3) is 0 Å². The van der Waals surface area contributed by atoms with Crippen molar-refractivity contribution in [3.8, 4) is 11.5 Å². The number of rotatable bonds is 2. The number of hydrogen-bond acceptors (Lipinski definition) is 3. The van der Waals surface area contributed by atoms with E-state index in [1.54, 1.807) is 14.2 Å². The fraction of sp³-hybridized carbons (Fsp3) is 0.273. The summed E-state index contributed by atoms with van der Waals surface area (Å²) in [6.45, 7) is 0.839. The van der Waals surface area contributed by atoms with E-state index in [1.165, 1.54) is 11.1 Å². The molecule has 0 unspecified atom stereocenters. The molecule has 2 rings (SSSR count). The average Bonchev–Trinajstić information content (AvgIpc) is 2.27. The molecule has 0 saturated heterocycles. The minimum atomic E-state index is 0.776. The summed E-state index contributed by atoms with van der Waals surface area (Å²) in [5.74, 6) is 1.56. The fourth-order valence-corrected chi connectivity index (χ4v) is 1.56. The Morgan fingerprint density at radius 3 is 2.57 bits per heavy atom. The second-order valence-electron chi connectivity index (χ2n) is 3.12. The largest absolute Gasteiger partial charge is 0.493 e. The van der Waals surface area contributed by atoms with E-state index >= 15 is 0 Å². The summed E-state index contributed by atoms with van der Waals surface area (Å²) in [6, 6.07) is 4.00. The second kappa shape index (κ2) is 3.62. The lowest BCUT2D eigenvalue weighted by atomic mass is 10.0. The van der Waals surface area contributed by atoms with Crippen molar-refractivity contribution in [2.75, 3.05) is 14.2 Å². The Balaban J connectivity index is 2.50. The second-order valence-corrected chi connectivity index (χ2v) is 3.12. The van der Waals surface area contributed by atoms with Gasteiger partial charge in [0.2, 0.25) is 0 Å². The predicted octanol–water partition coefficient (Wildman–Crippen LogP) is 1.78. The SMILES string of the molecule is COc1cc2c(cc1OC)CNC=C2. The van der Waals surface area contributed by atoms with E-state index in [4.69, 9.17) is 9.47 Å². The molecule has 0 atom stereocenters. The highest BCUT2D eigenvalue weighted by Gasteiger charge is 2.10. The molecule has 1 aliphatic rings. The molecule has 0 spiro atoms. The number of ether oxygens (including phenoxy) is 2. The van der Waals surface area contributed by atoms with Crippen LogP contribution in [0.5, 0.6) is 11.5 Å². The van der Waals surface area contributed by atoms with Crippen LogP contribution < -0.4 is 14.8 Å². The van der Waals surface area contributed by atoms with E-state index in [1.807, 2.05) is 24.4 Å². The molecular formula is C11H13NO2. The molecule has 0 aliphatic carbocycles. The Hall–Kier alpha value is -1.64. The molecule has 0 saturated carbocycles. The van der Waals surface area contributed by atoms with Gasteiger partial charge in [0.05, 0.1) is 14.2 Å². The van der Waals surface area contributed by atoms with Crippen LogP contribution in [0.15, 0.2) is 18.3 Å². The van der Waals surface area contributed by atoms with Gasteiger partial charge in [-0.05, 0) is 35.5 Å². The highest BCUT2D eigenvalue weighted by Crippen LogP contribution is 2.31. The lowest BCUT2D eigenvalue weighted by molar-refractivity contribution is 0.354. The minimum absolute atomic E-state index is 0.776. The van der Waals surface area contributed by atoms with E-state index < -0.39 is 0 Å². The summed E-state index contributed by atoms with van der Waals surface area (Å²) >= 11 is 0. The number of nitrogens with one attached hydrogen (secondary N) is 1. The van der Waals surface area contributed by atoms with Gasteiger partial charge in [-0.15, -0.1) is 0 Å². The Labute approximate surface area is 83.3 Å². The maximum atomic E-state index is 5.23. The molecule has 14 heavy (non-hydrogen) atoms. The van der Waals surface area contributed by atoms with Crippen molar-refractivity contribution < 1.29 is 9.47 Å². The highest BCUT2D eigenvalue weighted by atomic mass is 16.5. The van der Waals surface area contributed by atoms with Gasteiger partial charge < -0.3 is 14.8 Å². The van der Waals surface area contributed by atoms with Crippen LogP contribution in [0.1, 0.15) is 11.1 Å². The molecule has 1 aromatic rings. The lowest BCUT2D eigenvalue weighted by Gasteiger charge is -2.15. The monoisotopic (exact) mass is 191 g/mol. The number of methoxy groups -OCH3 is 2. The molecule has 0 bridgehead atoms. The van der Waals surface area contributed by atoms with Crippen LogP contribution in [0.4, 0.5) is 0 Å². The molecule has 1 heterocycles. The van der Waals surface area contributed by atoms with Crippen molar-refractivity contribution in [3.05, 3.63) is 29.5 Å². The molecule has 1 aromatic carbocycles. The molecule has 0 fully saturated rings. The zero-order chi connectivity index (χ0) is 9.97. The minimum Gasteiger partial charge on any atom is -0.493 e. The van der Waals surface area contributed by atoms with Crippen LogP contribution in [0, 0.1) is 0 Å². The lowest BCUT2D eigenvalue weighted by Crippen LogP contribution is -2.10. The van der Waals surface area contributed by atoms with Gasteiger partial charge in [-0.2, -0.15) is 0 Å². The molecule has 1 aliphatic heterocycles. The van der Waals surface area contributed by atoms with E-state index in [-0.39, 0.29) is 0 Å². The first kappa shape index (κ1) is 8.94. The van der Waals surface area contributed by atoms with Crippen LogP contribution >= 0.6 is 0 Å². The van der Waals surface area contributed by atoms with Crippen LogP contribution in [0.3, 0.4) is 0 Å². The number of fused-ring (bicyclic) bond motifs is 1. The van der Waals surface area contributed by atoms with Crippen LogP contribution in [0.2, 0.25) is 0 Å². The van der Waals surface area contributed by atoms with E-state index in [0.29, 0.717) is 0 Å². The Bertz CT molecular complexity index is 372. The van der Waals surface area contributed by atoms with Gasteiger partial charge in [0, 0.05) is 6.54 Å². The van der Waals surface area contributed by atoms with Gasteiger partial charge in [-0.1, -0.05) is 0 Å². The summed E-state index contributed by atoms with van der Waals surface area (Å²) in [7, 11) is 3.30. The summed E-state index contributed by atoms with van der Waals surface area (Å²) in [4.78, 5) is 0. The molecule has 1 N–H and O–H groups in total. The number of hydrogen-bond donors (Lipinski definition) is 1. The standard InChI is InChI=1S/C11H13NO2/c1-13-10-5-8-3-4-12-7-9(8)6-11(10)14-2/h3-6,12H,7H2,1-2H3. The van der Waals surface area contributed by atoms with Gasteiger partial charge in [-0.3, -0.25) is 0 Å². The zero-order valence-corrected chi connectivity index (χ0v) is 8.33. The average molecular weight is 191 g/mol. The molecule has 0 aromatic heterocycles. The Kier molecular flexibility index (Phi) is 2.31. The van der Waals surface area contributed by atoms with Crippen molar-refractivity contribution in [1.29, 1.82) is 0 Å². The maximum Gasteiger partial charge on any atom is 0.161 e. The molecule has 0 radical (unpaired) electrons. The topological polar surface area (TPSA) is 30.5 Å². The van der Waals surface area contributed by atoms with Crippen LogP contribution in [0.25, 0.3) is 6.08 Å². The van der Waals surface area contributed by atoms with E-state index in [9.17, 15) is 0 Å². The maximum absolute atomic E-state index is 5.23. The van der Waals surface area contributed by atoms with Crippen LogP contribution in [-0.4, -0.2) is 14.2 Å². The van der Waals surface area contributed by atoms with Gasteiger partial charge >= 0.3 is 0 Å². The van der Waals surface area contributed by atoms with Crippen molar-refractivity contribution in [1.82, 2.24) is 5.32 Å². The molecule has 3 heteroatoms. The highest BCUT2D eigenvalue weighted by molar-refractivity contribution is 5.61. The van der Waals surface area contributed by atoms with Crippen molar-refractivity contribution in [2.45, 2.75) is 6.54 Å². The summed E-state index contributed by atoms with van der Waals surface area (Å²) in [5, 5.41) is 3.15. The Morgan fingerprint density at radius 1 is 1.14 bits per heavy atom. The first-order valence-corrected chi connectivity index (χ1v) is 4.50. The van der Waals surface area contributed by atoms with Crippen molar-refractivity contribution in [2.24, 2.45) is 0 Å². The molecule has 3 nitrogen and oxygen atoms in total. The molecule has 74 valence electrons. The normalized spacial score (nSPS) is 13.0. The zero-order valence-electron chi connectivity index (χ0n) is 8.33. The molecular weight excluding hydrogens is 178 g/mol. The van der Waals surface area contributed by atoms with E-state index in [2.05, 4.69) is 5.32 Å². The summed E-state index contributed by atoms with van der Waals surface area (Å²) in [6.07, 6.45) is 3.97. The van der Waals surface area contributed by atoms with Gasteiger partial charge in [-0.25, -0.2) is 0 Å². The van der Waals surface area contributed by atoms with Crippen LogP contribution in [-0.2, 0) is 6.54 Å². The quantitative estimate of drug-likeness (QED) is 0.773. The summed E-state index contributed by atoms with van der Waals surface area (Å²) in [5.41, 5.74) is 2.41. The smallest absolute Gasteiger partial charge is 0.161 e. The first-order valence-electron chi connectivity index (χ1n) is 4.50. The van der Waals surface area contributed by atoms with Gasteiger partial charge in [0.15, 0.2) is 11.5 Å². The first-order chi connectivity index (χ1) is 6.85. The third-order valence-corrected chi connectivity index (χ3v) is 2.32. The Morgan fingerprint density at radius 2 is 1.86 bits per heavy atom. The third kappa shape index (κ3) is 1.41. The number of benzene rings is 1. The van der Waals surface area contributed by atoms with Crippen molar-refractivity contribution in [3.63, 3.8) is 0 Å². The van der Waals surface area contributed by atoms with Gasteiger partial charge in [0.1, 0.15) is 0 Å². The fourth-order valence-electron chi connectivity index (χ4n) is 1.56. The predicted molar refractivity (Wildman–Crippen MR) is 55.4 cm³/mol.